The quantitative estimate of drug-likeness (QED) is 0.503. The third kappa shape index (κ3) is 5.57. The third-order valence-electron chi connectivity index (χ3n) is 6.24. The van der Waals surface area contributed by atoms with Gasteiger partial charge in [0, 0.05) is 13.0 Å². The summed E-state index contributed by atoms with van der Waals surface area (Å²) in [7, 11) is 0. The molecule has 3 aliphatic heterocycles. The van der Waals surface area contributed by atoms with Crippen molar-refractivity contribution in [2.75, 3.05) is 6.61 Å². The van der Waals surface area contributed by atoms with Crippen LogP contribution in [0.3, 0.4) is 0 Å². The van der Waals surface area contributed by atoms with Crippen molar-refractivity contribution < 1.29 is 28.8 Å². The highest BCUT2D eigenvalue weighted by Crippen LogP contribution is 2.36. The fourth-order valence-electron chi connectivity index (χ4n) is 4.64. The number of carbonyl (C=O) groups is 1. The molecule has 4 rings (SSSR count). The molecule has 160 valence electrons. The molecule has 1 aromatic carbocycles. The van der Waals surface area contributed by atoms with Gasteiger partial charge < -0.3 is 24.1 Å². The molecule has 0 radical (unpaired) electrons. The Morgan fingerprint density at radius 1 is 0.966 bits per heavy atom. The van der Waals surface area contributed by atoms with Crippen LogP contribution < -0.4 is 0 Å². The normalized spacial score (nSPS) is 33.1. The number of cyclic esters (lactones) is 1. The number of hydrogen-bond acceptors (Lipinski definition) is 6. The molecule has 0 saturated carbocycles. The lowest BCUT2D eigenvalue weighted by Gasteiger charge is -2.24. The number of ether oxygens (including phenoxy) is 4. The molecule has 0 bridgehead atoms. The monoisotopic (exact) mass is 404 g/mol. The van der Waals surface area contributed by atoms with E-state index in [2.05, 4.69) is 0 Å². The Kier molecular flexibility index (Phi) is 7.19. The molecule has 3 aliphatic rings. The zero-order chi connectivity index (χ0) is 20.1. The van der Waals surface area contributed by atoms with Crippen LogP contribution in [0.15, 0.2) is 30.3 Å². The fourth-order valence-corrected chi connectivity index (χ4v) is 4.64. The highest BCUT2D eigenvalue weighted by molar-refractivity contribution is 5.71. The minimum atomic E-state index is -0.465. The standard InChI is InChI=1S/C23H32O6/c24-17(7-4-14-26-15-16-5-2-1-3-6-16)18-8-9-19(27-18)20-10-11-21(28-20)22-12-13-23(25)29-22/h1-3,5-6,17-22,24H,4,7-15H2/t17-,18-,19-,20+,21+,22-/m1/s1. The third-order valence-corrected chi connectivity index (χ3v) is 6.24. The van der Waals surface area contributed by atoms with Gasteiger partial charge >= 0.3 is 5.97 Å². The van der Waals surface area contributed by atoms with E-state index in [9.17, 15) is 9.90 Å². The molecule has 6 atom stereocenters. The van der Waals surface area contributed by atoms with Crippen LogP contribution in [0.2, 0.25) is 0 Å². The number of esters is 1. The molecule has 29 heavy (non-hydrogen) atoms. The van der Waals surface area contributed by atoms with E-state index in [0.717, 1.165) is 44.1 Å². The molecule has 1 aromatic rings. The number of rotatable bonds is 9. The van der Waals surface area contributed by atoms with Gasteiger partial charge in [0.2, 0.25) is 0 Å². The number of benzene rings is 1. The Morgan fingerprint density at radius 2 is 1.69 bits per heavy atom. The average molecular weight is 405 g/mol. The van der Waals surface area contributed by atoms with Crippen molar-refractivity contribution in [2.24, 2.45) is 0 Å². The Hall–Kier alpha value is -1.47. The maximum Gasteiger partial charge on any atom is 0.306 e. The van der Waals surface area contributed by atoms with Gasteiger partial charge in [-0.2, -0.15) is 0 Å². The summed E-state index contributed by atoms with van der Waals surface area (Å²) >= 11 is 0. The first-order valence-corrected chi connectivity index (χ1v) is 11.0. The molecule has 1 N–H and O–H groups in total. The molecule has 0 aromatic heterocycles. The molecule has 0 aliphatic carbocycles. The Bertz CT molecular complexity index is 650. The van der Waals surface area contributed by atoms with Crippen molar-refractivity contribution >= 4 is 5.97 Å². The molecule has 6 heteroatoms. The topological polar surface area (TPSA) is 74.2 Å². The van der Waals surface area contributed by atoms with Gasteiger partial charge in [-0.1, -0.05) is 30.3 Å². The molecule has 0 amide bonds. The largest absolute Gasteiger partial charge is 0.460 e. The van der Waals surface area contributed by atoms with Crippen LogP contribution in [0.1, 0.15) is 56.9 Å². The summed E-state index contributed by atoms with van der Waals surface area (Å²) in [6.07, 6.45) is 5.76. The second-order valence-corrected chi connectivity index (χ2v) is 8.40. The first-order valence-electron chi connectivity index (χ1n) is 11.0. The van der Waals surface area contributed by atoms with E-state index < -0.39 is 6.10 Å². The molecule has 0 spiro atoms. The van der Waals surface area contributed by atoms with Crippen molar-refractivity contribution in [3.05, 3.63) is 35.9 Å². The van der Waals surface area contributed by atoms with Gasteiger partial charge in [0.05, 0.1) is 37.1 Å². The predicted octanol–water partition coefficient (Wildman–Crippen LogP) is 3.15. The maximum absolute atomic E-state index is 11.3. The zero-order valence-electron chi connectivity index (χ0n) is 16.9. The van der Waals surface area contributed by atoms with Crippen LogP contribution in [0, 0.1) is 0 Å². The lowest BCUT2D eigenvalue weighted by Crippen LogP contribution is -2.33. The van der Waals surface area contributed by atoms with Gasteiger partial charge in [0.1, 0.15) is 6.10 Å². The van der Waals surface area contributed by atoms with E-state index in [-0.39, 0.29) is 36.5 Å². The average Bonchev–Trinajstić information content (AvgIpc) is 3.48. The van der Waals surface area contributed by atoms with E-state index in [4.69, 9.17) is 18.9 Å². The van der Waals surface area contributed by atoms with Gasteiger partial charge in [-0.25, -0.2) is 0 Å². The van der Waals surface area contributed by atoms with E-state index in [1.807, 2.05) is 30.3 Å². The highest BCUT2D eigenvalue weighted by atomic mass is 16.6. The van der Waals surface area contributed by atoms with Crippen LogP contribution in [0.5, 0.6) is 0 Å². The van der Waals surface area contributed by atoms with E-state index in [1.165, 1.54) is 0 Å². The van der Waals surface area contributed by atoms with Crippen LogP contribution in [0.4, 0.5) is 0 Å². The predicted molar refractivity (Wildman–Crippen MR) is 106 cm³/mol. The molecule has 3 heterocycles. The van der Waals surface area contributed by atoms with Crippen molar-refractivity contribution in [1.29, 1.82) is 0 Å². The summed E-state index contributed by atoms with van der Waals surface area (Å²) in [4.78, 5) is 11.3. The number of aliphatic hydroxyl groups excluding tert-OH is 1. The van der Waals surface area contributed by atoms with Crippen LogP contribution >= 0.6 is 0 Å². The summed E-state index contributed by atoms with van der Waals surface area (Å²) in [5.74, 6) is -0.116. The zero-order valence-corrected chi connectivity index (χ0v) is 16.9. The van der Waals surface area contributed by atoms with Crippen molar-refractivity contribution in [3.8, 4) is 0 Å². The minimum Gasteiger partial charge on any atom is -0.460 e. The first kappa shape index (κ1) is 20.8. The highest BCUT2D eigenvalue weighted by Gasteiger charge is 2.43. The van der Waals surface area contributed by atoms with Crippen LogP contribution in [-0.2, 0) is 30.3 Å². The van der Waals surface area contributed by atoms with Crippen molar-refractivity contribution in [1.82, 2.24) is 0 Å². The van der Waals surface area contributed by atoms with Gasteiger partial charge in [-0.3, -0.25) is 4.79 Å². The molecule has 0 unspecified atom stereocenters. The maximum atomic E-state index is 11.3. The van der Waals surface area contributed by atoms with Gasteiger partial charge in [0.15, 0.2) is 0 Å². The molecule has 3 fully saturated rings. The Morgan fingerprint density at radius 3 is 2.45 bits per heavy atom. The van der Waals surface area contributed by atoms with Crippen molar-refractivity contribution in [2.45, 2.75) is 94.6 Å². The second kappa shape index (κ2) is 10.0. The second-order valence-electron chi connectivity index (χ2n) is 8.40. The van der Waals surface area contributed by atoms with Crippen LogP contribution in [-0.4, -0.2) is 54.3 Å². The Labute approximate surface area is 172 Å². The minimum absolute atomic E-state index is 0.000729. The SMILES string of the molecule is O=C1CC[C@H]([C@@H]2CC[C@@H]([C@H]3CC[C@H]([C@H](O)CCCOCc4ccccc4)O3)O2)O1. The number of aliphatic hydroxyl groups is 1. The Balaban J connectivity index is 1.12. The molecular weight excluding hydrogens is 372 g/mol. The van der Waals surface area contributed by atoms with E-state index in [1.54, 1.807) is 0 Å². The summed E-state index contributed by atoms with van der Waals surface area (Å²) in [5, 5.41) is 10.5. The number of hydrogen-bond donors (Lipinski definition) is 1. The summed E-state index contributed by atoms with van der Waals surface area (Å²) < 4.78 is 23.3. The van der Waals surface area contributed by atoms with Gasteiger partial charge in [0.25, 0.3) is 0 Å². The van der Waals surface area contributed by atoms with E-state index in [0.29, 0.717) is 26.1 Å². The molecule has 3 saturated heterocycles. The molecule has 6 nitrogen and oxygen atoms in total. The van der Waals surface area contributed by atoms with Gasteiger partial charge in [-0.15, -0.1) is 0 Å². The van der Waals surface area contributed by atoms with Crippen LogP contribution in [0.25, 0.3) is 0 Å². The summed E-state index contributed by atoms with van der Waals surface area (Å²) in [5.41, 5.74) is 1.16. The van der Waals surface area contributed by atoms with Gasteiger partial charge in [-0.05, 0) is 50.5 Å². The lowest BCUT2D eigenvalue weighted by molar-refractivity contribution is -0.149. The summed E-state index contributed by atoms with van der Waals surface area (Å²) in [6.45, 7) is 1.24. The number of carbonyl (C=O) groups excluding carboxylic acids is 1. The fraction of sp³-hybridized carbons (Fsp3) is 0.696. The molecular formula is C23H32O6. The lowest BCUT2D eigenvalue weighted by atomic mass is 10.0. The van der Waals surface area contributed by atoms with E-state index >= 15 is 0 Å². The smallest absolute Gasteiger partial charge is 0.306 e. The van der Waals surface area contributed by atoms with Crippen molar-refractivity contribution in [3.63, 3.8) is 0 Å². The first-order chi connectivity index (χ1) is 14.2. The summed E-state index contributed by atoms with van der Waals surface area (Å²) in [6, 6.07) is 10.1.